The van der Waals surface area contributed by atoms with Gasteiger partial charge in [-0.05, 0) is 63.5 Å². The van der Waals surface area contributed by atoms with Crippen molar-refractivity contribution in [2.24, 2.45) is 0 Å². The molecule has 19 heavy (non-hydrogen) atoms. The van der Waals surface area contributed by atoms with Gasteiger partial charge in [0.2, 0.25) is 0 Å². The van der Waals surface area contributed by atoms with E-state index in [0.29, 0.717) is 0 Å². The quantitative estimate of drug-likeness (QED) is 0.800. The zero-order valence-corrected chi connectivity index (χ0v) is 12.6. The smallest absolute Gasteiger partial charge is 0.0409 e. The Morgan fingerprint density at radius 2 is 2.26 bits per heavy atom. The normalized spacial score (nSPS) is 20.6. The molecule has 0 amide bonds. The molecule has 1 aromatic carbocycles. The number of likely N-dealkylation sites (tertiary alicyclic amines) is 1. The van der Waals surface area contributed by atoms with Crippen LogP contribution in [0.15, 0.2) is 24.3 Å². The van der Waals surface area contributed by atoms with E-state index >= 15 is 0 Å². The largest absolute Gasteiger partial charge is 0.313 e. The molecule has 1 unspecified atom stereocenters. The Morgan fingerprint density at radius 1 is 1.37 bits per heavy atom. The molecule has 0 bridgehead atoms. The fraction of sp³-hybridized carbons (Fsp3) is 0.625. The fourth-order valence-electron chi connectivity index (χ4n) is 2.78. The molecule has 106 valence electrons. The predicted octanol–water partition coefficient (Wildman–Crippen LogP) is 3.69. The lowest BCUT2D eigenvalue weighted by Crippen LogP contribution is -2.38. The summed E-state index contributed by atoms with van der Waals surface area (Å²) in [4.78, 5) is 2.63. The maximum atomic E-state index is 5.97. The van der Waals surface area contributed by atoms with Crippen LogP contribution >= 0.6 is 11.6 Å². The van der Waals surface area contributed by atoms with Crippen LogP contribution in [0, 0.1) is 0 Å². The van der Waals surface area contributed by atoms with Gasteiger partial charge in [-0.3, -0.25) is 0 Å². The second kappa shape index (κ2) is 7.88. The zero-order valence-electron chi connectivity index (χ0n) is 11.9. The van der Waals surface area contributed by atoms with Crippen molar-refractivity contribution < 1.29 is 0 Å². The Labute approximate surface area is 122 Å². The molecule has 3 heteroatoms. The monoisotopic (exact) mass is 280 g/mol. The molecular weight excluding hydrogens is 256 g/mol. The number of rotatable bonds is 6. The van der Waals surface area contributed by atoms with Crippen molar-refractivity contribution in [3.8, 4) is 0 Å². The Balaban J connectivity index is 1.59. The maximum Gasteiger partial charge on any atom is 0.0409 e. The van der Waals surface area contributed by atoms with Gasteiger partial charge in [0.05, 0.1) is 0 Å². The Kier molecular flexibility index (Phi) is 6.15. The van der Waals surface area contributed by atoms with Crippen molar-refractivity contribution in [3.63, 3.8) is 0 Å². The Hall–Kier alpha value is -0.570. The highest BCUT2D eigenvalue weighted by Crippen LogP contribution is 2.16. The number of hydrogen-bond acceptors (Lipinski definition) is 2. The van der Waals surface area contributed by atoms with Crippen molar-refractivity contribution in [2.45, 2.75) is 45.2 Å². The molecule has 0 spiro atoms. The highest BCUT2D eigenvalue weighted by atomic mass is 35.5. The molecule has 0 saturated carbocycles. The van der Waals surface area contributed by atoms with Crippen LogP contribution in [0.2, 0.25) is 5.02 Å². The standard InChI is InChI=1S/C16H25ClN2/c1-14-6-2-3-10-19(14)11-5-9-18-13-15-7-4-8-16(17)12-15/h4,7-8,12,14,18H,2-3,5-6,9-11,13H2,1H3. The topological polar surface area (TPSA) is 15.3 Å². The number of nitrogens with zero attached hydrogens (tertiary/aromatic N) is 1. The van der Waals surface area contributed by atoms with Gasteiger partial charge < -0.3 is 10.2 Å². The first-order chi connectivity index (χ1) is 9.25. The van der Waals surface area contributed by atoms with Gasteiger partial charge in [0.15, 0.2) is 0 Å². The molecule has 1 heterocycles. The average molecular weight is 281 g/mol. The van der Waals surface area contributed by atoms with Crippen molar-refractivity contribution in [2.75, 3.05) is 19.6 Å². The maximum absolute atomic E-state index is 5.97. The van der Waals surface area contributed by atoms with Crippen LogP contribution in [-0.4, -0.2) is 30.6 Å². The van der Waals surface area contributed by atoms with Crippen LogP contribution in [0.4, 0.5) is 0 Å². The van der Waals surface area contributed by atoms with Gasteiger partial charge in [-0.1, -0.05) is 30.2 Å². The third kappa shape index (κ3) is 5.13. The lowest BCUT2D eigenvalue weighted by Gasteiger charge is -2.33. The molecule has 1 atom stereocenters. The first-order valence-electron chi connectivity index (χ1n) is 7.45. The number of halogens is 1. The van der Waals surface area contributed by atoms with E-state index in [1.54, 1.807) is 0 Å². The second-order valence-electron chi connectivity index (χ2n) is 5.54. The van der Waals surface area contributed by atoms with Gasteiger partial charge in [-0.15, -0.1) is 0 Å². The summed E-state index contributed by atoms with van der Waals surface area (Å²) < 4.78 is 0. The zero-order chi connectivity index (χ0) is 13.5. The summed E-state index contributed by atoms with van der Waals surface area (Å²) in [6, 6.07) is 8.85. The molecule has 1 aromatic rings. The summed E-state index contributed by atoms with van der Waals surface area (Å²) in [5.74, 6) is 0. The van der Waals surface area contributed by atoms with Crippen LogP contribution in [0.3, 0.4) is 0 Å². The molecule has 2 nitrogen and oxygen atoms in total. The number of piperidine rings is 1. The van der Waals surface area contributed by atoms with Crippen molar-refractivity contribution in [1.29, 1.82) is 0 Å². The van der Waals surface area contributed by atoms with Gasteiger partial charge in [-0.25, -0.2) is 0 Å². The average Bonchev–Trinajstić information content (AvgIpc) is 2.40. The highest BCUT2D eigenvalue weighted by molar-refractivity contribution is 6.30. The predicted molar refractivity (Wildman–Crippen MR) is 82.7 cm³/mol. The molecule has 1 fully saturated rings. The first kappa shape index (κ1) is 14.8. The van der Waals surface area contributed by atoms with E-state index in [-0.39, 0.29) is 0 Å². The van der Waals surface area contributed by atoms with E-state index in [0.717, 1.165) is 24.2 Å². The number of nitrogens with one attached hydrogen (secondary N) is 1. The third-order valence-electron chi connectivity index (χ3n) is 3.96. The van der Waals surface area contributed by atoms with E-state index in [4.69, 9.17) is 11.6 Å². The SMILES string of the molecule is CC1CCCCN1CCCNCc1cccc(Cl)c1. The van der Waals surface area contributed by atoms with E-state index in [9.17, 15) is 0 Å². The van der Waals surface area contributed by atoms with Gasteiger partial charge in [0.25, 0.3) is 0 Å². The molecular formula is C16H25ClN2. The molecule has 0 radical (unpaired) electrons. The van der Waals surface area contributed by atoms with E-state index < -0.39 is 0 Å². The Bertz CT molecular complexity index is 381. The van der Waals surface area contributed by atoms with Gasteiger partial charge in [0, 0.05) is 17.6 Å². The van der Waals surface area contributed by atoms with Crippen LogP contribution in [0.5, 0.6) is 0 Å². The third-order valence-corrected chi connectivity index (χ3v) is 4.19. The second-order valence-corrected chi connectivity index (χ2v) is 5.98. The molecule has 1 aliphatic heterocycles. The summed E-state index contributed by atoms with van der Waals surface area (Å²) in [5.41, 5.74) is 1.26. The van der Waals surface area contributed by atoms with Crippen LogP contribution in [-0.2, 0) is 6.54 Å². The number of benzene rings is 1. The molecule has 1 saturated heterocycles. The highest BCUT2D eigenvalue weighted by Gasteiger charge is 2.16. The van der Waals surface area contributed by atoms with Crippen LogP contribution < -0.4 is 5.32 Å². The summed E-state index contributed by atoms with van der Waals surface area (Å²) in [6.07, 6.45) is 5.38. The number of hydrogen-bond donors (Lipinski definition) is 1. The van der Waals surface area contributed by atoms with Gasteiger partial charge >= 0.3 is 0 Å². The lowest BCUT2D eigenvalue weighted by molar-refractivity contribution is 0.159. The lowest BCUT2D eigenvalue weighted by atomic mass is 10.0. The molecule has 1 aliphatic rings. The van der Waals surface area contributed by atoms with Crippen molar-refractivity contribution in [3.05, 3.63) is 34.9 Å². The minimum Gasteiger partial charge on any atom is -0.313 e. The van der Waals surface area contributed by atoms with Crippen LogP contribution in [0.25, 0.3) is 0 Å². The van der Waals surface area contributed by atoms with Crippen molar-refractivity contribution >= 4 is 11.6 Å². The molecule has 0 aromatic heterocycles. The molecule has 2 rings (SSSR count). The minimum atomic E-state index is 0.779. The summed E-state index contributed by atoms with van der Waals surface area (Å²) >= 11 is 5.97. The molecule has 0 aliphatic carbocycles. The summed E-state index contributed by atoms with van der Waals surface area (Å²) in [7, 11) is 0. The van der Waals surface area contributed by atoms with Gasteiger partial charge in [-0.2, -0.15) is 0 Å². The first-order valence-corrected chi connectivity index (χ1v) is 7.83. The fourth-order valence-corrected chi connectivity index (χ4v) is 2.99. The van der Waals surface area contributed by atoms with Gasteiger partial charge in [0.1, 0.15) is 0 Å². The minimum absolute atomic E-state index is 0.779. The summed E-state index contributed by atoms with van der Waals surface area (Å²) in [6.45, 7) is 6.86. The van der Waals surface area contributed by atoms with E-state index in [1.165, 1.54) is 44.3 Å². The van der Waals surface area contributed by atoms with Crippen LogP contribution in [0.1, 0.15) is 38.2 Å². The Morgan fingerprint density at radius 3 is 3.05 bits per heavy atom. The van der Waals surface area contributed by atoms with E-state index in [1.807, 2.05) is 18.2 Å². The molecule has 1 N–H and O–H groups in total. The van der Waals surface area contributed by atoms with Crippen molar-refractivity contribution in [1.82, 2.24) is 10.2 Å². The summed E-state index contributed by atoms with van der Waals surface area (Å²) in [5, 5.41) is 4.32. The van der Waals surface area contributed by atoms with E-state index in [2.05, 4.69) is 23.2 Å².